The van der Waals surface area contributed by atoms with E-state index in [-0.39, 0.29) is 28.8 Å². The Morgan fingerprint density at radius 1 is 1.11 bits per heavy atom. The van der Waals surface area contributed by atoms with Gasteiger partial charge in [-0.15, -0.1) is 0 Å². The molecule has 1 aliphatic heterocycles. The quantitative estimate of drug-likeness (QED) is 0.380. The molecule has 1 N–H and O–H groups in total. The maximum absolute atomic E-state index is 15.0. The summed E-state index contributed by atoms with van der Waals surface area (Å²) in [5.41, 5.74) is -2.04. The molecule has 1 aromatic carbocycles. The summed E-state index contributed by atoms with van der Waals surface area (Å²) in [6.45, 7) is 4.57. The van der Waals surface area contributed by atoms with E-state index >= 15 is 4.39 Å². The molecule has 1 saturated carbocycles. The molecule has 2 aliphatic rings. The van der Waals surface area contributed by atoms with Crippen LogP contribution in [-0.4, -0.2) is 74.9 Å². The van der Waals surface area contributed by atoms with Crippen LogP contribution >= 0.6 is 0 Å². The first kappa shape index (κ1) is 27.3. The van der Waals surface area contributed by atoms with Crippen molar-refractivity contribution in [2.24, 2.45) is 0 Å². The molecule has 14 heteroatoms. The molecule has 2 aromatic heterocycles. The number of nitrogens with one attached hydrogen (secondary N) is 1. The topological polar surface area (TPSA) is 116 Å². The van der Waals surface area contributed by atoms with Gasteiger partial charge in [0.2, 0.25) is 17.7 Å². The van der Waals surface area contributed by atoms with Crippen molar-refractivity contribution in [1.29, 1.82) is 0 Å². The molecule has 2 atom stereocenters. The van der Waals surface area contributed by atoms with Crippen LogP contribution in [0.1, 0.15) is 62.6 Å². The van der Waals surface area contributed by atoms with Crippen molar-refractivity contribution >= 4 is 34.8 Å². The Morgan fingerprint density at radius 3 is 2.50 bits per heavy atom. The SMILES string of the molecule is [2H]C([2H])([2H])Oc1ccc(C2(C(=O)N3C[C@H](F)C[C@@H]3C(=O)Nc3ccc4c(cnn4C(=O)OC(C)(C)C)n3)CCC(F)(F)CC2)cc1F. The van der Waals surface area contributed by atoms with Gasteiger partial charge in [0.1, 0.15) is 29.1 Å². The molecule has 1 aliphatic carbocycles. The molecule has 5 rings (SSSR count). The summed E-state index contributed by atoms with van der Waals surface area (Å²) in [5.74, 6) is -6.47. The number of fused-ring (bicyclic) bond motifs is 1. The van der Waals surface area contributed by atoms with Crippen molar-refractivity contribution in [2.75, 3.05) is 18.9 Å². The van der Waals surface area contributed by atoms with Gasteiger partial charge < -0.3 is 19.7 Å². The third kappa shape index (κ3) is 6.06. The first-order valence-electron chi connectivity index (χ1n) is 15.5. The lowest BCUT2D eigenvalue weighted by Crippen LogP contribution is -2.54. The van der Waals surface area contributed by atoms with E-state index in [9.17, 15) is 27.6 Å². The molecule has 0 radical (unpaired) electrons. The number of aromatic nitrogens is 3. The van der Waals surface area contributed by atoms with Crippen molar-refractivity contribution < 1.29 is 45.5 Å². The van der Waals surface area contributed by atoms with Gasteiger partial charge in [-0.3, -0.25) is 9.59 Å². The molecule has 0 unspecified atom stereocenters. The Kier molecular flexibility index (Phi) is 7.06. The fraction of sp³-hybridized carbons (Fsp3) is 0.500. The van der Waals surface area contributed by atoms with E-state index in [4.69, 9.17) is 8.85 Å². The Morgan fingerprint density at radius 2 is 1.84 bits per heavy atom. The van der Waals surface area contributed by atoms with Gasteiger partial charge in [0, 0.05) is 19.3 Å². The number of pyridine rings is 1. The summed E-state index contributed by atoms with van der Waals surface area (Å²) in [4.78, 5) is 45.5. The van der Waals surface area contributed by atoms with E-state index in [2.05, 4.69) is 20.1 Å². The van der Waals surface area contributed by atoms with Crippen LogP contribution in [0, 0.1) is 5.82 Å². The number of amides is 2. The predicted octanol–water partition coefficient (Wildman–Crippen LogP) is 5.39. The lowest BCUT2D eigenvalue weighted by molar-refractivity contribution is -0.146. The van der Waals surface area contributed by atoms with E-state index in [0.29, 0.717) is 0 Å². The number of likely N-dealkylation sites (tertiary alicyclic amines) is 1. The van der Waals surface area contributed by atoms with Gasteiger partial charge in [-0.05, 0) is 63.4 Å². The highest BCUT2D eigenvalue weighted by Gasteiger charge is 2.53. The Balaban J connectivity index is 1.41. The number of anilines is 1. The standard InChI is InChI=1S/C30H33F4N5O5/c1-28(2,3)44-27(42)39-21-6-8-24(36-20(21)15-35-39)37-25(40)22-14-18(31)16-38(22)26(41)29(9-11-30(33,34)12-10-29)17-5-7-23(43-4)19(32)13-17/h5-8,13,15,18,22H,9-12,14,16H2,1-4H3,(H,36,37,40)/t18-,22-/m1/s1/i4D3. The maximum atomic E-state index is 15.0. The summed E-state index contributed by atoms with van der Waals surface area (Å²) in [7, 11) is -2.97. The lowest BCUT2D eigenvalue weighted by atomic mass is 9.67. The number of alkyl halides is 3. The molecule has 3 heterocycles. The molecule has 1 saturated heterocycles. The Bertz CT molecular complexity index is 1700. The van der Waals surface area contributed by atoms with Crippen LogP contribution in [0.2, 0.25) is 0 Å². The zero-order valence-corrected chi connectivity index (χ0v) is 24.2. The fourth-order valence-electron chi connectivity index (χ4n) is 5.73. The minimum atomic E-state index is -3.10. The number of halogens is 4. The summed E-state index contributed by atoms with van der Waals surface area (Å²) < 4.78 is 91.2. The van der Waals surface area contributed by atoms with E-state index in [1.807, 2.05) is 0 Å². The van der Waals surface area contributed by atoms with Gasteiger partial charge in [0.05, 0.1) is 34.8 Å². The van der Waals surface area contributed by atoms with Crippen LogP contribution in [0.3, 0.4) is 0 Å². The number of hydrogen-bond donors (Lipinski definition) is 1. The largest absolute Gasteiger partial charge is 0.494 e. The van der Waals surface area contributed by atoms with Crippen LogP contribution < -0.4 is 10.1 Å². The van der Waals surface area contributed by atoms with Crippen LogP contribution in [0.15, 0.2) is 36.5 Å². The van der Waals surface area contributed by atoms with E-state index < -0.39 is 97.9 Å². The average molecular weight is 623 g/mol. The fourth-order valence-corrected chi connectivity index (χ4v) is 5.73. The highest BCUT2D eigenvalue weighted by molar-refractivity contribution is 6.00. The molecule has 44 heavy (non-hydrogen) atoms. The van der Waals surface area contributed by atoms with Gasteiger partial charge >= 0.3 is 6.09 Å². The van der Waals surface area contributed by atoms with E-state index in [1.54, 1.807) is 20.8 Å². The Hall–Kier alpha value is -4.23. The second kappa shape index (κ2) is 11.4. The smallest absolute Gasteiger partial charge is 0.435 e. The molecular formula is C30H33F4N5O5. The van der Waals surface area contributed by atoms with Crippen molar-refractivity contribution in [3.63, 3.8) is 0 Å². The molecule has 2 amide bonds. The second-order valence-corrected chi connectivity index (χ2v) is 12.1. The number of carbonyl (C=O) groups excluding carboxylic acids is 3. The summed E-state index contributed by atoms with van der Waals surface area (Å²) in [5, 5.41) is 6.55. The number of benzene rings is 1. The number of methoxy groups -OCH3 is 1. The number of rotatable bonds is 5. The minimum absolute atomic E-state index is 0.0138. The zero-order chi connectivity index (χ0) is 34.5. The van der Waals surface area contributed by atoms with Crippen LogP contribution in [0.25, 0.3) is 11.0 Å². The third-order valence-electron chi connectivity index (χ3n) is 7.90. The molecule has 0 spiro atoms. The van der Waals surface area contributed by atoms with Crippen molar-refractivity contribution in [3.05, 3.63) is 47.9 Å². The summed E-state index contributed by atoms with van der Waals surface area (Å²) in [6, 6.07) is 4.57. The maximum Gasteiger partial charge on any atom is 0.435 e. The van der Waals surface area contributed by atoms with Crippen molar-refractivity contribution in [3.8, 4) is 5.75 Å². The average Bonchev–Trinajstić information content (AvgIpc) is 3.56. The van der Waals surface area contributed by atoms with Gasteiger partial charge in [0.25, 0.3) is 0 Å². The minimum Gasteiger partial charge on any atom is -0.494 e. The summed E-state index contributed by atoms with van der Waals surface area (Å²) >= 11 is 0. The normalized spacial score (nSPS) is 22.5. The zero-order valence-electron chi connectivity index (χ0n) is 27.2. The van der Waals surface area contributed by atoms with Gasteiger partial charge in [-0.25, -0.2) is 27.3 Å². The highest BCUT2D eigenvalue weighted by Crippen LogP contribution is 2.48. The van der Waals surface area contributed by atoms with Crippen LogP contribution in [0.5, 0.6) is 5.75 Å². The summed E-state index contributed by atoms with van der Waals surface area (Å²) in [6.07, 6.45) is -3.77. The molecule has 0 bridgehead atoms. The van der Waals surface area contributed by atoms with E-state index in [0.717, 1.165) is 21.7 Å². The number of nitrogens with zero attached hydrogens (tertiary/aromatic N) is 4. The van der Waals surface area contributed by atoms with Gasteiger partial charge in [-0.2, -0.15) is 9.78 Å². The Labute approximate surface area is 254 Å². The predicted molar refractivity (Wildman–Crippen MR) is 151 cm³/mol. The number of hydrogen-bond acceptors (Lipinski definition) is 7. The van der Waals surface area contributed by atoms with Gasteiger partial charge in [-0.1, -0.05) is 6.07 Å². The lowest BCUT2D eigenvalue weighted by Gasteiger charge is -2.42. The second-order valence-electron chi connectivity index (χ2n) is 12.1. The molecule has 236 valence electrons. The third-order valence-corrected chi connectivity index (χ3v) is 7.90. The molecule has 2 fully saturated rings. The van der Waals surface area contributed by atoms with Crippen molar-refractivity contribution in [1.82, 2.24) is 19.7 Å². The van der Waals surface area contributed by atoms with E-state index in [1.165, 1.54) is 24.4 Å². The molecule has 10 nitrogen and oxygen atoms in total. The number of ether oxygens (including phenoxy) is 2. The van der Waals surface area contributed by atoms with Crippen molar-refractivity contribution in [2.45, 2.75) is 82.0 Å². The van der Waals surface area contributed by atoms with Crippen LogP contribution in [-0.2, 0) is 19.7 Å². The van der Waals surface area contributed by atoms with Crippen LogP contribution in [0.4, 0.5) is 28.2 Å². The highest BCUT2D eigenvalue weighted by atomic mass is 19.3. The monoisotopic (exact) mass is 622 g/mol. The van der Waals surface area contributed by atoms with Gasteiger partial charge in [0.15, 0.2) is 11.6 Å². The molecular weight excluding hydrogens is 586 g/mol. The first-order chi connectivity index (χ1) is 21.8. The number of carbonyl (C=O) groups is 3. The first-order valence-corrected chi connectivity index (χ1v) is 14.0. The molecule has 3 aromatic rings.